The van der Waals surface area contributed by atoms with E-state index in [1.807, 2.05) is 62.4 Å². The first-order chi connectivity index (χ1) is 14.0. The number of aryl methyl sites for hydroxylation is 1. The molecule has 0 bridgehead atoms. The van der Waals surface area contributed by atoms with Gasteiger partial charge in [-0.1, -0.05) is 54.9 Å². The number of hydrogen-bond donors (Lipinski definition) is 0. The maximum atomic E-state index is 12.6. The summed E-state index contributed by atoms with van der Waals surface area (Å²) in [6.07, 6.45) is 0. The van der Waals surface area contributed by atoms with Gasteiger partial charge in [0, 0.05) is 12.1 Å². The van der Waals surface area contributed by atoms with E-state index < -0.39 is 0 Å². The van der Waals surface area contributed by atoms with Gasteiger partial charge in [0.05, 0.1) is 0 Å². The van der Waals surface area contributed by atoms with Crippen LogP contribution in [0.1, 0.15) is 43.7 Å². The lowest BCUT2D eigenvalue weighted by molar-refractivity contribution is -0.134. The standard InChI is InChI=1S/C23H27N3O3/c1-5-26(22(27)15-28-20-11-9-18(10-12-20)16(2)3)14-21-24-23(25-29-21)19-8-6-7-17(4)13-19/h6-13,16H,5,14-15H2,1-4H3. The normalized spacial score (nSPS) is 10.9. The summed E-state index contributed by atoms with van der Waals surface area (Å²) in [4.78, 5) is 18.6. The molecule has 1 aromatic heterocycles. The van der Waals surface area contributed by atoms with Gasteiger partial charge in [0.1, 0.15) is 12.3 Å². The largest absolute Gasteiger partial charge is 0.484 e. The molecule has 3 aromatic rings. The van der Waals surface area contributed by atoms with Crippen molar-refractivity contribution in [2.75, 3.05) is 13.2 Å². The highest BCUT2D eigenvalue weighted by Crippen LogP contribution is 2.19. The molecule has 0 aliphatic rings. The summed E-state index contributed by atoms with van der Waals surface area (Å²) < 4.78 is 11.0. The van der Waals surface area contributed by atoms with Gasteiger partial charge in [-0.2, -0.15) is 4.98 Å². The highest BCUT2D eigenvalue weighted by molar-refractivity contribution is 5.77. The predicted octanol–water partition coefficient (Wildman–Crippen LogP) is 4.60. The highest BCUT2D eigenvalue weighted by Gasteiger charge is 2.17. The molecule has 3 rings (SSSR count). The number of amides is 1. The van der Waals surface area contributed by atoms with Crippen molar-refractivity contribution in [1.82, 2.24) is 15.0 Å². The Morgan fingerprint density at radius 2 is 1.93 bits per heavy atom. The van der Waals surface area contributed by atoms with E-state index in [1.165, 1.54) is 5.56 Å². The van der Waals surface area contributed by atoms with Crippen LogP contribution < -0.4 is 4.74 Å². The molecule has 6 heteroatoms. The Kier molecular flexibility index (Phi) is 6.65. The number of carbonyl (C=O) groups is 1. The maximum Gasteiger partial charge on any atom is 0.260 e. The van der Waals surface area contributed by atoms with Crippen molar-refractivity contribution in [2.24, 2.45) is 0 Å². The summed E-state index contributed by atoms with van der Waals surface area (Å²) in [5.74, 6) is 1.93. The zero-order chi connectivity index (χ0) is 20.8. The van der Waals surface area contributed by atoms with E-state index in [0.29, 0.717) is 29.9 Å². The van der Waals surface area contributed by atoms with E-state index in [-0.39, 0.29) is 19.1 Å². The first kappa shape index (κ1) is 20.6. The minimum atomic E-state index is -0.129. The molecule has 29 heavy (non-hydrogen) atoms. The Morgan fingerprint density at radius 3 is 2.59 bits per heavy atom. The van der Waals surface area contributed by atoms with Crippen LogP contribution in [0, 0.1) is 6.92 Å². The minimum absolute atomic E-state index is 0.0340. The van der Waals surface area contributed by atoms with Gasteiger partial charge in [0.25, 0.3) is 5.91 Å². The second-order valence-electron chi connectivity index (χ2n) is 7.30. The number of carbonyl (C=O) groups excluding carboxylic acids is 1. The summed E-state index contributed by atoms with van der Waals surface area (Å²) in [6.45, 7) is 8.94. The Hall–Kier alpha value is -3.15. The molecule has 0 atom stereocenters. The molecular formula is C23H27N3O3. The average molecular weight is 393 g/mol. The van der Waals surface area contributed by atoms with Gasteiger partial charge in [-0.3, -0.25) is 4.79 Å². The van der Waals surface area contributed by atoms with Gasteiger partial charge >= 0.3 is 0 Å². The summed E-state index contributed by atoms with van der Waals surface area (Å²) in [7, 11) is 0. The maximum absolute atomic E-state index is 12.6. The Bertz CT molecular complexity index is 948. The van der Waals surface area contributed by atoms with Gasteiger partial charge in [-0.15, -0.1) is 0 Å². The number of benzene rings is 2. The highest BCUT2D eigenvalue weighted by atomic mass is 16.5. The molecule has 1 heterocycles. The van der Waals surface area contributed by atoms with E-state index in [9.17, 15) is 4.79 Å². The topological polar surface area (TPSA) is 68.5 Å². The van der Waals surface area contributed by atoms with Gasteiger partial charge in [0.15, 0.2) is 6.61 Å². The van der Waals surface area contributed by atoms with Crippen LogP contribution >= 0.6 is 0 Å². The van der Waals surface area contributed by atoms with Gasteiger partial charge in [-0.25, -0.2) is 0 Å². The summed E-state index contributed by atoms with van der Waals surface area (Å²) in [5.41, 5.74) is 3.25. The Morgan fingerprint density at radius 1 is 1.17 bits per heavy atom. The molecule has 0 saturated heterocycles. The molecule has 0 saturated carbocycles. The fraction of sp³-hybridized carbons (Fsp3) is 0.348. The molecule has 0 N–H and O–H groups in total. The number of aromatic nitrogens is 2. The minimum Gasteiger partial charge on any atom is -0.484 e. The van der Waals surface area contributed by atoms with E-state index in [1.54, 1.807) is 4.90 Å². The molecule has 0 unspecified atom stereocenters. The summed E-state index contributed by atoms with van der Waals surface area (Å²) >= 11 is 0. The van der Waals surface area contributed by atoms with Crippen molar-refractivity contribution in [1.29, 1.82) is 0 Å². The van der Waals surface area contributed by atoms with Crippen LogP contribution in [0.4, 0.5) is 0 Å². The van der Waals surface area contributed by atoms with Crippen LogP contribution in [-0.2, 0) is 11.3 Å². The van der Waals surface area contributed by atoms with Crippen LogP contribution in [0.5, 0.6) is 5.75 Å². The number of nitrogens with zero attached hydrogens (tertiary/aromatic N) is 3. The molecule has 2 aromatic carbocycles. The van der Waals surface area contributed by atoms with Crippen molar-refractivity contribution in [2.45, 2.75) is 40.2 Å². The molecule has 0 radical (unpaired) electrons. The van der Waals surface area contributed by atoms with E-state index in [2.05, 4.69) is 24.0 Å². The average Bonchev–Trinajstić information content (AvgIpc) is 3.19. The zero-order valence-electron chi connectivity index (χ0n) is 17.4. The monoisotopic (exact) mass is 393 g/mol. The molecule has 0 aliphatic heterocycles. The molecule has 0 fully saturated rings. The zero-order valence-corrected chi connectivity index (χ0v) is 17.4. The predicted molar refractivity (Wildman–Crippen MR) is 112 cm³/mol. The lowest BCUT2D eigenvalue weighted by Crippen LogP contribution is -2.34. The second kappa shape index (κ2) is 9.37. The van der Waals surface area contributed by atoms with E-state index in [4.69, 9.17) is 9.26 Å². The third-order valence-electron chi connectivity index (χ3n) is 4.71. The first-order valence-electron chi connectivity index (χ1n) is 9.86. The lowest BCUT2D eigenvalue weighted by Gasteiger charge is -2.19. The Balaban J connectivity index is 1.58. The van der Waals surface area contributed by atoms with Crippen LogP contribution in [0.15, 0.2) is 53.1 Å². The van der Waals surface area contributed by atoms with Crippen molar-refractivity contribution in [3.05, 3.63) is 65.5 Å². The summed E-state index contributed by atoms with van der Waals surface area (Å²) in [6, 6.07) is 15.7. The molecule has 152 valence electrons. The third-order valence-corrected chi connectivity index (χ3v) is 4.71. The van der Waals surface area contributed by atoms with Gasteiger partial charge < -0.3 is 14.2 Å². The van der Waals surface area contributed by atoms with Crippen molar-refractivity contribution in [3.63, 3.8) is 0 Å². The van der Waals surface area contributed by atoms with Crippen LogP contribution in [0.3, 0.4) is 0 Å². The van der Waals surface area contributed by atoms with Crippen molar-refractivity contribution < 1.29 is 14.1 Å². The molecule has 6 nitrogen and oxygen atoms in total. The van der Waals surface area contributed by atoms with Gasteiger partial charge in [0.2, 0.25) is 11.7 Å². The van der Waals surface area contributed by atoms with Gasteiger partial charge in [-0.05, 0) is 43.5 Å². The number of likely N-dealkylation sites (N-methyl/N-ethyl adjacent to an activating group) is 1. The molecular weight excluding hydrogens is 366 g/mol. The SMILES string of the molecule is CCN(Cc1nc(-c2cccc(C)c2)no1)C(=O)COc1ccc(C(C)C)cc1. The quantitative estimate of drug-likeness (QED) is 0.560. The van der Waals surface area contributed by atoms with E-state index in [0.717, 1.165) is 11.1 Å². The van der Waals surface area contributed by atoms with Crippen molar-refractivity contribution >= 4 is 5.91 Å². The number of hydrogen-bond acceptors (Lipinski definition) is 5. The van der Waals surface area contributed by atoms with Crippen LogP contribution in [0.2, 0.25) is 0 Å². The van der Waals surface area contributed by atoms with E-state index >= 15 is 0 Å². The lowest BCUT2D eigenvalue weighted by atomic mass is 10.0. The second-order valence-corrected chi connectivity index (χ2v) is 7.30. The fourth-order valence-corrected chi connectivity index (χ4v) is 2.95. The number of ether oxygens (including phenoxy) is 1. The fourth-order valence-electron chi connectivity index (χ4n) is 2.95. The van der Waals surface area contributed by atoms with Crippen molar-refractivity contribution in [3.8, 4) is 17.1 Å². The molecule has 0 aliphatic carbocycles. The van der Waals surface area contributed by atoms with Crippen LogP contribution in [0.25, 0.3) is 11.4 Å². The smallest absolute Gasteiger partial charge is 0.260 e. The summed E-state index contributed by atoms with van der Waals surface area (Å²) in [5, 5.41) is 4.03. The first-order valence-corrected chi connectivity index (χ1v) is 9.86. The van der Waals surface area contributed by atoms with Crippen LogP contribution in [-0.4, -0.2) is 34.1 Å². The number of rotatable bonds is 8. The Labute approximate surface area is 171 Å². The third kappa shape index (κ3) is 5.44. The molecule has 0 spiro atoms. The molecule has 1 amide bonds.